The van der Waals surface area contributed by atoms with Crippen molar-refractivity contribution in [1.82, 2.24) is 0 Å². The first-order valence-corrected chi connectivity index (χ1v) is 4.79. The van der Waals surface area contributed by atoms with Crippen molar-refractivity contribution in [3.05, 3.63) is 24.3 Å². The Morgan fingerprint density at radius 1 is 1.16 bits per heavy atom. The smallest absolute Gasteiger partial charge is 0.456 e. The number of alkyl halides is 5. The molecule has 1 aromatic carbocycles. The molecule has 0 atom stereocenters. The minimum absolute atomic E-state index is 0.127. The summed E-state index contributed by atoms with van der Waals surface area (Å²) in [5, 5.41) is 10.3. The van der Waals surface area contributed by atoms with E-state index in [1.54, 1.807) is 0 Å². The van der Waals surface area contributed by atoms with Gasteiger partial charge in [-0.2, -0.15) is 22.0 Å². The Labute approximate surface area is 103 Å². The molecule has 1 rings (SSSR count). The largest absolute Gasteiger partial charge is 0.487 e. The highest BCUT2D eigenvalue weighted by Crippen LogP contribution is 2.35. The lowest BCUT2D eigenvalue weighted by molar-refractivity contribution is -0.290. The summed E-state index contributed by atoms with van der Waals surface area (Å²) in [6.45, 7) is -1.85. The molecule has 0 radical (unpaired) electrons. The molecule has 4 nitrogen and oxygen atoms in total. The Morgan fingerprint density at radius 2 is 1.68 bits per heavy atom. The second-order valence-corrected chi connectivity index (χ2v) is 3.45. The number of halogens is 5. The van der Waals surface area contributed by atoms with E-state index in [9.17, 15) is 26.7 Å². The monoisotopic (exact) mass is 285 g/mol. The van der Waals surface area contributed by atoms with Crippen LogP contribution in [0.4, 0.5) is 32.4 Å². The number of hydrogen-bond donors (Lipinski definition) is 2. The van der Waals surface area contributed by atoms with E-state index in [1.165, 1.54) is 0 Å². The maximum atomic E-state index is 12.5. The fourth-order valence-corrected chi connectivity index (χ4v) is 1.01. The average Bonchev–Trinajstić information content (AvgIpc) is 2.26. The van der Waals surface area contributed by atoms with Gasteiger partial charge in [-0.25, -0.2) is 4.79 Å². The van der Waals surface area contributed by atoms with Gasteiger partial charge < -0.3 is 9.84 Å². The zero-order valence-corrected chi connectivity index (χ0v) is 9.17. The van der Waals surface area contributed by atoms with E-state index >= 15 is 0 Å². The van der Waals surface area contributed by atoms with Crippen molar-refractivity contribution in [3.63, 3.8) is 0 Å². The molecule has 0 unspecified atom stereocenters. The third kappa shape index (κ3) is 4.27. The quantitative estimate of drug-likeness (QED) is 0.834. The predicted molar refractivity (Wildman–Crippen MR) is 54.6 cm³/mol. The minimum Gasteiger partial charge on any atom is -0.487 e. The number of hydrogen-bond acceptors (Lipinski definition) is 2. The van der Waals surface area contributed by atoms with Crippen molar-refractivity contribution in [2.24, 2.45) is 0 Å². The highest BCUT2D eigenvalue weighted by atomic mass is 19.4. The van der Waals surface area contributed by atoms with Crippen LogP contribution in [0, 0.1) is 0 Å². The lowest BCUT2D eigenvalue weighted by Gasteiger charge is -2.19. The van der Waals surface area contributed by atoms with Gasteiger partial charge in [0, 0.05) is 5.69 Å². The molecule has 2 N–H and O–H groups in total. The average molecular weight is 285 g/mol. The molecule has 0 fully saturated rings. The van der Waals surface area contributed by atoms with Crippen molar-refractivity contribution in [3.8, 4) is 5.75 Å². The van der Waals surface area contributed by atoms with Gasteiger partial charge in [0.2, 0.25) is 0 Å². The van der Waals surface area contributed by atoms with Gasteiger partial charge in [0.15, 0.2) is 6.61 Å². The minimum atomic E-state index is -5.68. The summed E-state index contributed by atoms with van der Waals surface area (Å²) in [6.07, 6.45) is -7.02. The lowest BCUT2D eigenvalue weighted by atomic mass is 10.3. The van der Waals surface area contributed by atoms with Crippen LogP contribution in [-0.4, -0.2) is 29.9 Å². The molecule has 0 aliphatic heterocycles. The van der Waals surface area contributed by atoms with Crippen molar-refractivity contribution >= 4 is 11.8 Å². The Bertz CT molecular complexity index is 443. The number of rotatable bonds is 4. The summed E-state index contributed by atoms with van der Waals surface area (Å²) in [7, 11) is 0. The Morgan fingerprint density at radius 3 is 2.11 bits per heavy atom. The molecule has 1 aromatic rings. The third-order valence-electron chi connectivity index (χ3n) is 1.94. The molecule has 9 heteroatoms. The lowest BCUT2D eigenvalue weighted by Crippen LogP contribution is -2.41. The fraction of sp³-hybridized carbons (Fsp3) is 0.300. The van der Waals surface area contributed by atoms with Gasteiger partial charge in [-0.15, -0.1) is 0 Å². The molecule has 106 valence electrons. The number of carboxylic acid groups (broad SMARTS) is 1. The number of carbonyl (C=O) groups is 1. The van der Waals surface area contributed by atoms with E-state index < -0.39 is 24.8 Å². The number of ether oxygens (including phenoxy) is 1. The summed E-state index contributed by atoms with van der Waals surface area (Å²) >= 11 is 0. The van der Waals surface area contributed by atoms with E-state index in [2.05, 4.69) is 4.74 Å². The molecule has 0 saturated heterocycles. The van der Waals surface area contributed by atoms with Crippen molar-refractivity contribution in [1.29, 1.82) is 0 Å². The first-order valence-electron chi connectivity index (χ1n) is 4.79. The van der Waals surface area contributed by atoms with Gasteiger partial charge in [-0.1, -0.05) is 0 Å². The van der Waals surface area contributed by atoms with Crippen LogP contribution in [0.15, 0.2) is 24.3 Å². The molecule has 0 bridgehead atoms. The molecule has 0 saturated carbocycles. The van der Waals surface area contributed by atoms with Crippen molar-refractivity contribution in [2.45, 2.75) is 12.1 Å². The molecule has 0 spiro atoms. The summed E-state index contributed by atoms with van der Waals surface area (Å²) < 4.78 is 64.9. The molecule has 0 aromatic heterocycles. The van der Waals surface area contributed by atoms with Gasteiger partial charge in [-0.05, 0) is 24.3 Å². The first kappa shape index (κ1) is 15.0. The van der Waals surface area contributed by atoms with E-state index in [1.807, 2.05) is 5.32 Å². The van der Waals surface area contributed by atoms with E-state index in [-0.39, 0.29) is 11.4 Å². The number of nitrogens with one attached hydrogen (secondary N) is 1. The van der Waals surface area contributed by atoms with E-state index in [0.717, 1.165) is 24.3 Å². The predicted octanol–water partition coefficient (Wildman–Crippen LogP) is 3.35. The molecule has 0 aliphatic rings. The highest BCUT2D eigenvalue weighted by molar-refractivity contribution is 5.82. The molecule has 1 amide bonds. The molecular weight excluding hydrogens is 277 g/mol. The Kier molecular flexibility index (Phi) is 4.17. The van der Waals surface area contributed by atoms with Crippen LogP contribution in [0.1, 0.15) is 0 Å². The third-order valence-corrected chi connectivity index (χ3v) is 1.94. The van der Waals surface area contributed by atoms with Gasteiger partial charge in [-0.3, -0.25) is 5.32 Å². The fourth-order valence-electron chi connectivity index (χ4n) is 1.01. The standard InChI is InChI=1S/C10H8F5NO3/c11-9(12,10(13,14)15)5-19-7-3-1-6(2-4-7)16-8(17)18/h1-4,16H,5H2,(H,17,18). The number of benzene rings is 1. The van der Waals surface area contributed by atoms with E-state index in [0.29, 0.717) is 0 Å². The van der Waals surface area contributed by atoms with Crippen LogP contribution in [-0.2, 0) is 0 Å². The van der Waals surface area contributed by atoms with Crippen LogP contribution >= 0.6 is 0 Å². The van der Waals surface area contributed by atoms with Gasteiger partial charge in [0.05, 0.1) is 0 Å². The summed E-state index contributed by atoms with van der Waals surface area (Å²) in [5.41, 5.74) is 0.127. The zero-order chi connectivity index (χ0) is 14.7. The van der Waals surface area contributed by atoms with Gasteiger partial charge >= 0.3 is 18.2 Å². The van der Waals surface area contributed by atoms with Crippen LogP contribution in [0.5, 0.6) is 5.75 Å². The van der Waals surface area contributed by atoms with Crippen molar-refractivity contribution in [2.75, 3.05) is 11.9 Å². The summed E-state index contributed by atoms with van der Waals surface area (Å²) in [6, 6.07) is 4.46. The van der Waals surface area contributed by atoms with Gasteiger partial charge in [0.25, 0.3) is 0 Å². The zero-order valence-electron chi connectivity index (χ0n) is 9.17. The topological polar surface area (TPSA) is 58.6 Å². The normalized spacial score (nSPS) is 12.1. The number of amides is 1. The highest BCUT2D eigenvalue weighted by Gasteiger charge is 2.58. The van der Waals surface area contributed by atoms with Crippen LogP contribution in [0.2, 0.25) is 0 Å². The SMILES string of the molecule is O=C(O)Nc1ccc(OCC(F)(F)C(F)(F)F)cc1. The molecule has 0 heterocycles. The maximum Gasteiger partial charge on any atom is 0.456 e. The number of anilines is 1. The molecule has 19 heavy (non-hydrogen) atoms. The van der Waals surface area contributed by atoms with E-state index in [4.69, 9.17) is 5.11 Å². The van der Waals surface area contributed by atoms with Crippen molar-refractivity contribution < 1.29 is 36.6 Å². The van der Waals surface area contributed by atoms with Crippen LogP contribution in [0.25, 0.3) is 0 Å². The molecular formula is C10H8F5NO3. The summed E-state index contributed by atoms with van der Waals surface area (Å²) in [4.78, 5) is 10.3. The first-order chi connectivity index (χ1) is 8.62. The Hall–Kier alpha value is -2.06. The molecule has 0 aliphatic carbocycles. The van der Waals surface area contributed by atoms with Gasteiger partial charge in [0.1, 0.15) is 5.75 Å². The second-order valence-electron chi connectivity index (χ2n) is 3.45. The summed E-state index contributed by atoms with van der Waals surface area (Å²) in [5.74, 6) is -5.19. The van der Waals surface area contributed by atoms with Crippen LogP contribution in [0.3, 0.4) is 0 Å². The second kappa shape index (κ2) is 5.29. The Balaban J connectivity index is 2.62. The van der Waals surface area contributed by atoms with Crippen LogP contribution < -0.4 is 10.1 Å². The maximum absolute atomic E-state index is 12.5.